The number of methoxy groups -OCH3 is 1. The van der Waals surface area contributed by atoms with Crippen LogP contribution in [0.3, 0.4) is 0 Å². The van der Waals surface area contributed by atoms with Crippen LogP contribution in [0.15, 0.2) is 52.3 Å². The SMILES string of the molecule is CCNC(C)c1ccc(Sc2ccc(OC)cc2)c(F)c1. The summed E-state index contributed by atoms with van der Waals surface area (Å²) in [5.74, 6) is 0.618. The zero-order valence-electron chi connectivity index (χ0n) is 12.5. The van der Waals surface area contributed by atoms with E-state index < -0.39 is 0 Å². The van der Waals surface area contributed by atoms with Gasteiger partial charge >= 0.3 is 0 Å². The van der Waals surface area contributed by atoms with Crippen LogP contribution in [0.25, 0.3) is 0 Å². The van der Waals surface area contributed by atoms with Crippen LogP contribution < -0.4 is 10.1 Å². The van der Waals surface area contributed by atoms with Gasteiger partial charge in [-0.1, -0.05) is 24.8 Å². The summed E-state index contributed by atoms with van der Waals surface area (Å²) in [5, 5.41) is 3.28. The Kier molecular flexibility index (Phi) is 5.65. The van der Waals surface area contributed by atoms with Crippen LogP contribution in [0, 0.1) is 5.82 Å². The third-order valence-electron chi connectivity index (χ3n) is 3.25. The number of halogens is 1. The quantitative estimate of drug-likeness (QED) is 0.839. The fourth-order valence-corrected chi connectivity index (χ4v) is 2.88. The van der Waals surface area contributed by atoms with Crippen molar-refractivity contribution in [2.75, 3.05) is 13.7 Å². The molecule has 2 aromatic rings. The van der Waals surface area contributed by atoms with E-state index in [-0.39, 0.29) is 11.9 Å². The first-order valence-electron chi connectivity index (χ1n) is 6.98. The Morgan fingerprint density at radius 3 is 2.48 bits per heavy atom. The lowest BCUT2D eigenvalue weighted by atomic mass is 10.1. The van der Waals surface area contributed by atoms with E-state index in [0.717, 1.165) is 22.8 Å². The standard InChI is InChI=1S/C17H20FNOS/c1-4-19-12(2)13-5-10-17(16(18)11-13)21-15-8-6-14(20-3)7-9-15/h5-12,19H,4H2,1-3H3. The lowest BCUT2D eigenvalue weighted by Gasteiger charge is -2.14. The van der Waals surface area contributed by atoms with Crippen molar-refractivity contribution in [2.24, 2.45) is 0 Å². The fraction of sp³-hybridized carbons (Fsp3) is 0.294. The number of nitrogens with one attached hydrogen (secondary N) is 1. The molecule has 1 unspecified atom stereocenters. The summed E-state index contributed by atoms with van der Waals surface area (Å²) in [5.41, 5.74) is 0.966. The van der Waals surface area contributed by atoms with Gasteiger partial charge in [0, 0.05) is 15.8 Å². The summed E-state index contributed by atoms with van der Waals surface area (Å²) in [6, 6.07) is 13.2. The summed E-state index contributed by atoms with van der Waals surface area (Å²) in [4.78, 5) is 1.62. The van der Waals surface area contributed by atoms with E-state index in [1.165, 1.54) is 11.8 Å². The van der Waals surface area contributed by atoms with Crippen LogP contribution in [0.1, 0.15) is 25.5 Å². The molecule has 4 heteroatoms. The van der Waals surface area contributed by atoms with Gasteiger partial charge in [0.1, 0.15) is 11.6 Å². The van der Waals surface area contributed by atoms with Gasteiger partial charge in [-0.25, -0.2) is 4.39 Å². The van der Waals surface area contributed by atoms with Gasteiger partial charge < -0.3 is 10.1 Å². The molecule has 0 bridgehead atoms. The van der Waals surface area contributed by atoms with Crippen LogP contribution >= 0.6 is 11.8 Å². The molecule has 0 saturated carbocycles. The van der Waals surface area contributed by atoms with Gasteiger partial charge in [0.25, 0.3) is 0 Å². The maximum Gasteiger partial charge on any atom is 0.137 e. The van der Waals surface area contributed by atoms with Crippen molar-refractivity contribution in [3.63, 3.8) is 0 Å². The molecule has 0 aromatic heterocycles. The van der Waals surface area contributed by atoms with E-state index in [1.54, 1.807) is 13.2 Å². The lowest BCUT2D eigenvalue weighted by Crippen LogP contribution is -2.17. The summed E-state index contributed by atoms with van der Waals surface area (Å²) in [6.07, 6.45) is 0. The highest BCUT2D eigenvalue weighted by Gasteiger charge is 2.09. The van der Waals surface area contributed by atoms with Gasteiger partial charge in [-0.15, -0.1) is 0 Å². The number of hydrogen-bond donors (Lipinski definition) is 1. The third-order valence-corrected chi connectivity index (χ3v) is 4.31. The summed E-state index contributed by atoms with van der Waals surface area (Å²) < 4.78 is 19.3. The molecule has 0 aliphatic heterocycles. The highest BCUT2D eigenvalue weighted by atomic mass is 32.2. The van der Waals surface area contributed by atoms with Crippen LogP contribution in [0.5, 0.6) is 5.75 Å². The zero-order valence-corrected chi connectivity index (χ0v) is 13.3. The highest BCUT2D eigenvalue weighted by molar-refractivity contribution is 7.99. The smallest absolute Gasteiger partial charge is 0.137 e. The van der Waals surface area contributed by atoms with Crippen LogP contribution in [-0.2, 0) is 0 Å². The number of benzene rings is 2. The van der Waals surface area contributed by atoms with Crippen molar-refractivity contribution in [3.05, 3.63) is 53.8 Å². The Morgan fingerprint density at radius 2 is 1.90 bits per heavy atom. The Morgan fingerprint density at radius 1 is 1.19 bits per heavy atom. The molecule has 21 heavy (non-hydrogen) atoms. The van der Waals surface area contributed by atoms with Gasteiger partial charge in [-0.05, 0) is 55.4 Å². The van der Waals surface area contributed by atoms with Gasteiger partial charge in [-0.3, -0.25) is 0 Å². The third kappa shape index (κ3) is 4.22. The molecule has 0 fully saturated rings. The minimum absolute atomic E-state index is 0.157. The number of ether oxygens (including phenoxy) is 1. The van der Waals surface area contributed by atoms with E-state index in [4.69, 9.17) is 4.74 Å². The van der Waals surface area contributed by atoms with E-state index in [9.17, 15) is 4.39 Å². The number of hydrogen-bond acceptors (Lipinski definition) is 3. The molecule has 0 spiro atoms. The predicted molar refractivity (Wildman–Crippen MR) is 85.6 cm³/mol. The largest absolute Gasteiger partial charge is 0.497 e. The average Bonchev–Trinajstić information content (AvgIpc) is 2.50. The fourth-order valence-electron chi connectivity index (χ4n) is 2.06. The minimum atomic E-state index is -0.182. The van der Waals surface area contributed by atoms with Crippen LogP contribution in [-0.4, -0.2) is 13.7 Å². The Labute approximate surface area is 129 Å². The van der Waals surface area contributed by atoms with E-state index in [1.807, 2.05) is 50.2 Å². The monoisotopic (exact) mass is 305 g/mol. The molecule has 2 rings (SSSR count). The first-order chi connectivity index (χ1) is 10.1. The summed E-state index contributed by atoms with van der Waals surface area (Å²) in [6.45, 7) is 4.94. The second kappa shape index (κ2) is 7.48. The molecular weight excluding hydrogens is 285 g/mol. The molecule has 0 amide bonds. The molecule has 1 atom stereocenters. The van der Waals surface area contributed by atoms with Gasteiger partial charge in [0.2, 0.25) is 0 Å². The minimum Gasteiger partial charge on any atom is -0.497 e. The maximum absolute atomic E-state index is 14.2. The van der Waals surface area contributed by atoms with E-state index in [0.29, 0.717) is 4.90 Å². The molecule has 112 valence electrons. The van der Waals surface area contributed by atoms with Crippen molar-refractivity contribution in [2.45, 2.75) is 29.7 Å². The highest BCUT2D eigenvalue weighted by Crippen LogP contribution is 2.32. The Bertz CT molecular complexity index is 586. The van der Waals surface area contributed by atoms with Gasteiger partial charge in [0.05, 0.1) is 7.11 Å². The lowest BCUT2D eigenvalue weighted by molar-refractivity contribution is 0.414. The second-order valence-electron chi connectivity index (χ2n) is 4.75. The molecule has 0 aliphatic rings. The predicted octanol–water partition coefficient (Wildman–Crippen LogP) is 4.66. The topological polar surface area (TPSA) is 21.3 Å². The van der Waals surface area contributed by atoms with Crippen molar-refractivity contribution in [1.82, 2.24) is 5.32 Å². The van der Waals surface area contributed by atoms with Crippen molar-refractivity contribution < 1.29 is 9.13 Å². The van der Waals surface area contributed by atoms with Crippen molar-refractivity contribution in [1.29, 1.82) is 0 Å². The molecule has 2 aromatic carbocycles. The van der Waals surface area contributed by atoms with Crippen molar-refractivity contribution >= 4 is 11.8 Å². The van der Waals surface area contributed by atoms with Gasteiger partial charge in [-0.2, -0.15) is 0 Å². The second-order valence-corrected chi connectivity index (χ2v) is 5.86. The Balaban J connectivity index is 2.13. The normalized spacial score (nSPS) is 12.2. The summed E-state index contributed by atoms with van der Waals surface area (Å²) in [7, 11) is 1.63. The number of rotatable bonds is 6. The average molecular weight is 305 g/mol. The molecule has 0 saturated heterocycles. The van der Waals surface area contributed by atoms with E-state index in [2.05, 4.69) is 5.32 Å². The molecule has 0 heterocycles. The molecule has 1 N–H and O–H groups in total. The molecule has 0 radical (unpaired) electrons. The molecular formula is C17H20FNOS. The maximum atomic E-state index is 14.2. The van der Waals surface area contributed by atoms with Gasteiger partial charge in [0.15, 0.2) is 0 Å². The molecule has 2 nitrogen and oxygen atoms in total. The van der Waals surface area contributed by atoms with Crippen molar-refractivity contribution in [3.8, 4) is 5.75 Å². The van der Waals surface area contributed by atoms with E-state index >= 15 is 0 Å². The summed E-state index contributed by atoms with van der Waals surface area (Å²) >= 11 is 1.42. The van der Waals surface area contributed by atoms with Crippen LogP contribution in [0.2, 0.25) is 0 Å². The first kappa shape index (κ1) is 15.9. The van der Waals surface area contributed by atoms with Crippen LogP contribution in [0.4, 0.5) is 4.39 Å². The molecule has 0 aliphatic carbocycles. The zero-order chi connectivity index (χ0) is 15.2. The first-order valence-corrected chi connectivity index (χ1v) is 7.80. The Hall–Kier alpha value is -1.52.